The van der Waals surface area contributed by atoms with E-state index in [1.807, 2.05) is 0 Å². The lowest BCUT2D eigenvalue weighted by Crippen LogP contribution is -2.22. The summed E-state index contributed by atoms with van der Waals surface area (Å²) in [6.45, 7) is 5.92. The molecule has 3 rings (SSSR count). The fourth-order valence-electron chi connectivity index (χ4n) is 2.65. The quantitative estimate of drug-likeness (QED) is 0.870. The van der Waals surface area contributed by atoms with Gasteiger partial charge in [0.15, 0.2) is 0 Å². The van der Waals surface area contributed by atoms with Gasteiger partial charge in [-0.25, -0.2) is 0 Å². The topological polar surface area (TPSA) is 64.9 Å². The molecule has 0 radical (unpaired) electrons. The first kappa shape index (κ1) is 12.6. The molecule has 2 aliphatic rings. The van der Waals surface area contributed by atoms with E-state index in [4.69, 9.17) is 0 Å². The molecule has 0 saturated heterocycles. The third-order valence-electron chi connectivity index (χ3n) is 4.11. The van der Waals surface area contributed by atoms with Crippen LogP contribution in [0.15, 0.2) is 0 Å². The number of nitrogens with one attached hydrogen (secondary N) is 2. The Morgan fingerprint density at radius 3 is 2.95 bits per heavy atom. The third-order valence-corrected chi connectivity index (χ3v) is 5.25. The minimum atomic E-state index is 0.0630. The molecular weight excluding hydrogens is 258 g/mol. The number of nitriles is 1. The lowest BCUT2D eigenvalue weighted by atomic mass is 10.0. The lowest BCUT2D eigenvalue weighted by molar-refractivity contribution is -0.117. The van der Waals surface area contributed by atoms with E-state index < -0.39 is 0 Å². The first-order valence-corrected chi connectivity index (χ1v) is 7.41. The second kappa shape index (κ2) is 4.32. The van der Waals surface area contributed by atoms with Gasteiger partial charge in [-0.3, -0.25) is 4.79 Å². The van der Waals surface area contributed by atoms with Gasteiger partial charge in [0.1, 0.15) is 11.1 Å². The van der Waals surface area contributed by atoms with Crippen molar-refractivity contribution in [2.75, 3.05) is 11.9 Å². The summed E-state index contributed by atoms with van der Waals surface area (Å²) < 4.78 is 0. The molecule has 1 aromatic rings. The average molecular weight is 275 g/mol. The number of thiophene rings is 1. The molecule has 0 bridgehead atoms. The van der Waals surface area contributed by atoms with E-state index in [0.29, 0.717) is 5.56 Å². The van der Waals surface area contributed by atoms with Gasteiger partial charge in [0, 0.05) is 17.3 Å². The van der Waals surface area contributed by atoms with Crippen molar-refractivity contribution in [1.82, 2.24) is 5.32 Å². The second-order valence-electron chi connectivity index (χ2n) is 5.98. The Labute approximate surface area is 116 Å². The summed E-state index contributed by atoms with van der Waals surface area (Å²) in [7, 11) is 0. The highest BCUT2D eigenvalue weighted by Gasteiger charge is 2.50. The van der Waals surface area contributed by atoms with Crippen LogP contribution in [0.1, 0.15) is 36.3 Å². The SMILES string of the molecule is CC1(C)CC1C(=O)Nc1sc2c(c1C#N)CCNC2. The Morgan fingerprint density at radius 2 is 2.32 bits per heavy atom. The predicted molar refractivity (Wildman–Crippen MR) is 75.0 cm³/mol. The zero-order valence-electron chi connectivity index (χ0n) is 11.2. The van der Waals surface area contributed by atoms with E-state index in [2.05, 4.69) is 30.6 Å². The first-order valence-electron chi connectivity index (χ1n) is 6.59. The van der Waals surface area contributed by atoms with E-state index in [1.165, 1.54) is 4.88 Å². The molecule has 100 valence electrons. The molecule has 0 aromatic carbocycles. The summed E-state index contributed by atoms with van der Waals surface area (Å²) in [6, 6.07) is 2.26. The fraction of sp³-hybridized carbons (Fsp3) is 0.571. The van der Waals surface area contributed by atoms with Gasteiger partial charge in [0.25, 0.3) is 0 Å². The normalized spacial score (nSPS) is 23.3. The van der Waals surface area contributed by atoms with Crippen molar-refractivity contribution < 1.29 is 4.79 Å². The molecule has 1 fully saturated rings. The summed E-state index contributed by atoms with van der Waals surface area (Å²) in [5, 5.41) is 16.3. The number of rotatable bonds is 2. The summed E-state index contributed by atoms with van der Waals surface area (Å²) in [6.07, 6.45) is 1.81. The van der Waals surface area contributed by atoms with Crippen molar-refractivity contribution in [3.05, 3.63) is 16.0 Å². The molecule has 1 unspecified atom stereocenters. The van der Waals surface area contributed by atoms with Crippen LogP contribution in [0.3, 0.4) is 0 Å². The van der Waals surface area contributed by atoms with Crippen LogP contribution in [0.25, 0.3) is 0 Å². The van der Waals surface area contributed by atoms with Crippen LogP contribution < -0.4 is 10.6 Å². The third kappa shape index (κ3) is 2.15. The first-order chi connectivity index (χ1) is 9.03. The molecule has 1 aliphatic heterocycles. The van der Waals surface area contributed by atoms with Crippen LogP contribution in [0.5, 0.6) is 0 Å². The largest absolute Gasteiger partial charge is 0.316 e. The van der Waals surface area contributed by atoms with E-state index >= 15 is 0 Å². The minimum absolute atomic E-state index is 0.0630. The predicted octanol–water partition coefficient (Wildman–Crippen LogP) is 2.25. The fourth-order valence-corrected chi connectivity index (χ4v) is 3.83. The summed E-state index contributed by atoms with van der Waals surface area (Å²) in [4.78, 5) is 13.3. The van der Waals surface area contributed by atoms with E-state index in [-0.39, 0.29) is 17.2 Å². The highest BCUT2D eigenvalue weighted by Crippen LogP contribution is 2.52. The van der Waals surface area contributed by atoms with Gasteiger partial charge >= 0.3 is 0 Å². The van der Waals surface area contributed by atoms with Crippen molar-refractivity contribution in [3.63, 3.8) is 0 Å². The van der Waals surface area contributed by atoms with Gasteiger partial charge < -0.3 is 10.6 Å². The van der Waals surface area contributed by atoms with Crippen LogP contribution in [-0.4, -0.2) is 12.5 Å². The summed E-state index contributed by atoms with van der Waals surface area (Å²) >= 11 is 1.54. The highest BCUT2D eigenvalue weighted by molar-refractivity contribution is 7.16. The molecule has 1 amide bonds. The van der Waals surface area contributed by atoms with Gasteiger partial charge in [-0.15, -0.1) is 11.3 Å². The number of amides is 1. The number of carbonyl (C=O) groups excluding carboxylic acids is 1. The maximum atomic E-state index is 12.1. The Morgan fingerprint density at radius 1 is 1.58 bits per heavy atom. The molecule has 2 N–H and O–H groups in total. The van der Waals surface area contributed by atoms with Crippen molar-refractivity contribution in [1.29, 1.82) is 5.26 Å². The Bertz CT molecular complexity index is 582. The monoisotopic (exact) mass is 275 g/mol. The molecule has 19 heavy (non-hydrogen) atoms. The van der Waals surface area contributed by atoms with Gasteiger partial charge in [-0.2, -0.15) is 5.26 Å². The average Bonchev–Trinajstić information content (AvgIpc) is 2.88. The maximum absolute atomic E-state index is 12.1. The summed E-state index contributed by atoms with van der Waals surface area (Å²) in [5.74, 6) is 0.157. The number of fused-ring (bicyclic) bond motifs is 1. The molecule has 1 atom stereocenters. The molecule has 1 aromatic heterocycles. The van der Waals surface area contributed by atoms with E-state index in [1.54, 1.807) is 11.3 Å². The minimum Gasteiger partial charge on any atom is -0.316 e. The summed E-state index contributed by atoms with van der Waals surface area (Å²) in [5.41, 5.74) is 1.92. The van der Waals surface area contributed by atoms with E-state index in [0.717, 1.165) is 36.5 Å². The van der Waals surface area contributed by atoms with Crippen molar-refractivity contribution in [3.8, 4) is 6.07 Å². The van der Waals surface area contributed by atoms with Crippen molar-refractivity contribution >= 4 is 22.2 Å². The highest BCUT2D eigenvalue weighted by atomic mass is 32.1. The Balaban J connectivity index is 1.84. The van der Waals surface area contributed by atoms with Crippen molar-refractivity contribution in [2.24, 2.45) is 11.3 Å². The van der Waals surface area contributed by atoms with Gasteiger partial charge in [0.05, 0.1) is 5.56 Å². The zero-order chi connectivity index (χ0) is 13.6. The number of hydrogen-bond acceptors (Lipinski definition) is 4. The van der Waals surface area contributed by atoms with Crippen LogP contribution in [0.2, 0.25) is 0 Å². The molecule has 5 heteroatoms. The van der Waals surface area contributed by atoms with E-state index in [9.17, 15) is 10.1 Å². The number of hydrogen-bond donors (Lipinski definition) is 2. The molecule has 1 aliphatic carbocycles. The second-order valence-corrected chi connectivity index (χ2v) is 7.09. The molecule has 1 saturated carbocycles. The number of anilines is 1. The smallest absolute Gasteiger partial charge is 0.228 e. The van der Waals surface area contributed by atoms with Gasteiger partial charge in [0.2, 0.25) is 5.91 Å². The standard InChI is InChI=1S/C14H17N3OS/c1-14(2)5-10(14)12(18)17-13-9(6-15)8-3-4-16-7-11(8)19-13/h10,16H,3-5,7H2,1-2H3,(H,17,18). The molecular formula is C14H17N3OS. The molecule has 4 nitrogen and oxygen atoms in total. The number of carbonyl (C=O) groups is 1. The molecule has 0 spiro atoms. The van der Waals surface area contributed by atoms with Crippen LogP contribution in [0.4, 0.5) is 5.00 Å². The Kier molecular flexibility index (Phi) is 2.88. The Hall–Kier alpha value is -1.38. The zero-order valence-corrected chi connectivity index (χ0v) is 12.0. The molecule has 2 heterocycles. The lowest BCUT2D eigenvalue weighted by Gasteiger charge is -2.11. The van der Waals surface area contributed by atoms with Crippen LogP contribution in [0, 0.1) is 22.7 Å². The van der Waals surface area contributed by atoms with Crippen LogP contribution >= 0.6 is 11.3 Å². The van der Waals surface area contributed by atoms with Crippen molar-refractivity contribution in [2.45, 2.75) is 33.2 Å². The van der Waals surface area contributed by atoms with Gasteiger partial charge in [-0.1, -0.05) is 13.8 Å². The maximum Gasteiger partial charge on any atom is 0.228 e. The van der Waals surface area contributed by atoms with Crippen LogP contribution in [-0.2, 0) is 17.8 Å². The number of nitrogens with zero attached hydrogens (tertiary/aromatic N) is 1. The van der Waals surface area contributed by atoms with Gasteiger partial charge in [-0.05, 0) is 30.4 Å².